The Morgan fingerprint density at radius 1 is 1.27 bits per heavy atom. The highest BCUT2D eigenvalue weighted by molar-refractivity contribution is 5.73. The molecule has 22 heavy (non-hydrogen) atoms. The molecular formula is C16H23N5O. The molecule has 0 bridgehead atoms. The van der Waals surface area contributed by atoms with Crippen molar-refractivity contribution in [2.24, 2.45) is 7.05 Å². The van der Waals surface area contributed by atoms with Gasteiger partial charge in [-0.15, -0.1) is 0 Å². The van der Waals surface area contributed by atoms with Gasteiger partial charge in [0.15, 0.2) is 0 Å². The first-order valence-electron chi connectivity index (χ1n) is 7.27. The van der Waals surface area contributed by atoms with E-state index in [1.807, 2.05) is 45.5 Å². The maximum atomic E-state index is 11.9. The molecule has 0 saturated heterocycles. The summed E-state index contributed by atoms with van der Waals surface area (Å²) in [6, 6.07) is 10.1. The largest absolute Gasteiger partial charge is 0.336 e. The maximum Gasteiger partial charge on any atom is 0.315 e. The van der Waals surface area contributed by atoms with Gasteiger partial charge >= 0.3 is 6.03 Å². The van der Waals surface area contributed by atoms with Crippen LogP contribution in [0.25, 0.3) is 0 Å². The van der Waals surface area contributed by atoms with Gasteiger partial charge in [-0.3, -0.25) is 4.68 Å². The average Bonchev–Trinajstić information content (AvgIpc) is 2.92. The van der Waals surface area contributed by atoms with Gasteiger partial charge in [0, 0.05) is 31.9 Å². The van der Waals surface area contributed by atoms with Gasteiger partial charge in [-0.25, -0.2) is 4.79 Å². The number of likely N-dealkylation sites (N-methyl/N-ethyl adjacent to an activating group) is 1. The summed E-state index contributed by atoms with van der Waals surface area (Å²) in [5, 5.41) is 9.83. The van der Waals surface area contributed by atoms with E-state index in [0.717, 1.165) is 5.56 Å². The molecule has 6 heteroatoms. The van der Waals surface area contributed by atoms with Crippen LogP contribution in [0.2, 0.25) is 0 Å². The van der Waals surface area contributed by atoms with Crippen LogP contribution in [0.15, 0.2) is 42.7 Å². The number of aryl methyl sites for hydroxylation is 1. The Hall–Kier alpha value is -2.34. The van der Waals surface area contributed by atoms with Crippen molar-refractivity contribution in [1.29, 1.82) is 0 Å². The molecule has 0 aliphatic heterocycles. The molecule has 2 amide bonds. The Morgan fingerprint density at radius 3 is 2.59 bits per heavy atom. The predicted octanol–water partition coefficient (Wildman–Crippen LogP) is 1.52. The molecule has 2 rings (SSSR count). The van der Waals surface area contributed by atoms with Crippen LogP contribution in [0.4, 0.5) is 4.79 Å². The van der Waals surface area contributed by atoms with E-state index >= 15 is 0 Å². The Kier molecular flexibility index (Phi) is 5.55. The molecule has 1 heterocycles. The first-order chi connectivity index (χ1) is 10.6. The molecule has 1 atom stereocenters. The topological polar surface area (TPSA) is 62.2 Å². The lowest BCUT2D eigenvalue weighted by molar-refractivity contribution is 0.232. The molecule has 0 saturated carbocycles. The Bertz CT molecular complexity index is 594. The third-order valence-corrected chi connectivity index (χ3v) is 3.48. The molecule has 0 aliphatic rings. The maximum absolute atomic E-state index is 11.9. The van der Waals surface area contributed by atoms with Gasteiger partial charge in [0.05, 0.1) is 12.2 Å². The van der Waals surface area contributed by atoms with Gasteiger partial charge in [0.2, 0.25) is 0 Å². The van der Waals surface area contributed by atoms with E-state index in [1.165, 1.54) is 5.56 Å². The van der Waals surface area contributed by atoms with E-state index in [1.54, 1.807) is 10.9 Å². The van der Waals surface area contributed by atoms with Crippen molar-refractivity contribution in [2.45, 2.75) is 12.6 Å². The van der Waals surface area contributed by atoms with Gasteiger partial charge in [0.25, 0.3) is 0 Å². The minimum atomic E-state index is -0.174. The molecule has 0 fully saturated rings. The van der Waals surface area contributed by atoms with Crippen LogP contribution in [-0.4, -0.2) is 41.4 Å². The van der Waals surface area contributed by atoms with Crippen molar-refractivity contribution in [2.75, 3.05) is 20.6 Å². The number of benzene rings is 1. The van der Waals surface area contributed by atoms with E-state index in [4.69, 9.17) is 0 Å². The highest BCUT2D eigenvalue weighted by atomic mass is 16.2. The highest BCUT2D eigenvalue weighted by Crippen LogP contribution is 2.16. The zero-order valence-electron chi connectivity index (χ0n) is 13.3. The standard InChI is InChI=1S/C16H23N5O/c1-20(2)15(14-7-5-4-6-8-14)11-18-16(22)17-9-13-10-19-21(3)12-13/h4-8,10,12,15H,9,11H2,1-3H3,(H2,17,18,22)/t15-/m0/s1. The van der Waals surface area contributed by atoms with Crippen LogP contribution in [0.3, 0.4) is 0 Å². The minimum absolute atomic E-state index is 0.144. The van der Waals surface area contributed by atoms with E-state index in [0.29, 0.717) is 13.1 Å². The van der Waals surface area contributed by atoms with Gasteiger partial charge in [0.1, 0.15) is 0 Å². The predicted molar refractivity (Wildman–Crippen MR) is 86.3 cm³/mol. The molecule has 1 aromatic heterocycles. The SMILES string of the molecule is CN(C)[C@@H](CNC(=O)NCc1cnn(C)c1)c1ccccc1. The summed E-state index contributed by atoms with van der Waals surface area (Å²) in [7, 11) is 5.87. The zero-order valence-corrected chi connectivity index (χ0v) is 13.3. The number of nitrogens with zero attached hydrogens (tertiary/aromatic N) is 3. The lowest BCUT2D eigenvalue weighted by Crippen LogP contribution is -2.40. The smallest absolute Gasteiger partial charge is 0.315 e. The van der Waals surface area contributed by atoms with Crippen LogP contribution < -0.4 is 10.6 Å². The first-order valence-corrected chi connectivity index (χ1v) is 7.27. The fourth-order valence-electron chi connectivity index (χ4n) is 2.27. The molecule has 118 valence electrons. The van der Waals surface area contributed by atoms with E-state index in [-0.39, 0.29) is 12.1 Å². The third-order valence-electron chi connectivity index (χ3n) is 3.48. The van der Waals surface area contributed by atoms with Crippen LogP contribution >= 0.6 is 0 Å². The summed E-state index contributed by atoms with van der Waals surface area (Å²) in [6.07, 6.45) is 3.62. The van der Waals surface area contributed by atoms with E-state index in [2.05, 4.69) is 32.8 Å². The molecule has 2 aromatic rings. The number of urea groups is 1. The summed E-state index contributed by atoms with van der Waals surface area (Å²) in [5.41, 5.74) is 2.16. The van der Waals surface area contributed by atoms with E-state index in [9.17, 15) is 4.79 Å². The number of hydrogen-bond acceptors (Lipinski definition) is 3. The number of amides is 2. The lowest BCUT2D eigenvalue weighted by atomic mass is 10.1. The molecule has 1 aromatic carbocycles. The molecule has 2 N–H and O–H groups in total. The van der Waals surface area contributed by atoms with E-state index < -0.39 is 0 Å². The fraction of sp³-hybridized carbons (Fsp3) is 0.375. The van der Waals surface area contributed by atoms with Crippen LogP contribution in [0.1, 0.15) is 17.2 Å². The Morgan fingerprint density at radius 2 is 2.00 bits per heavy atom. The fourth-order valence-corrected chi connectivity index (χ4v) is 2.27. The number of carbonyl (C=O) groups excluding carboxylic acids is 1. The van der Waals surface area contributed by atoms with Gasteiger partial charge in [-0.05, 0) is 19.7 Å². The molecule has 6 nitrogen and oxygen atoms in total. The summed E-state index contributed by atoms with van der Waals surface area (Å²) in [5.74, 6) is 0. The molecule has 0 spiro atoms. The Labute approximate surface area is 131 Å². The van der Waals surface area contributed by atoms with Gasteiger partial charge < -0.3 is 15.5 Å². The summed E-state index contributed by atoms with van der Waals surface area (Å²) < 4.78 is 1.71. The van der Waals surface area contributed by atoms with Gasteiger partial charge in [-0.1, -0.05) is 30.3 Å². The average molecular weight is 301 g/mol. The van der Waals surface area contributed by atoms with Crippen molar-refractivity contribution in [1.82, 2.24) is 25.3 Å². The normalized spacial score (nSPS) is 12.2. The monoisotopic (exact) mass is 301 g/mol. The number of rotatable bonds is 6. The molecule has 0 aliphatic carbocycles. The van der Waals surface area contributed by atoms with Crippen molar-refractivity contribution in [3.8, 4) is 0 Å². The molecule has 0 unspecified atom stereocenters. The second kappa shape index (κ2) is 7.61. The second-order valence-corrected chi connectivity index (χ2v) is 5.48. The minimum Gasteiger partial charge on any atom is -0.336 e. The van der Waals surface area contributed by atoms with Crippen LogP contribution in [-0.2, 0) is 13.6 Å². The number of hydrogen-bond donors (Lipinski definition) is 2. The summed E-state index contributed by atoms with van der Waals surface area (Å²) >= 11 is 0. The number of aromatic nitrogens is 2. The van der Waals surface area contributed by atoms with Crippen molar-refractivity contribution >= 4 is 6.03 Å². The quantitative estimate of drug-likeness (QED) is 0.850. The van der Waals surface area contributed by atoms with Crippen LogP contribution in [0.5, 0.6) is 0 Å². The second-order valence-electron chi connectivity index (χ2n) is 5.48. The first kappa shape index (κ1) is 16.0. The van der Waals surface area contributed by atoms with Crippen molar-refractivity contribution in [3.63, 3.8) is 0 Å². The molecule has 0 radical (unpaired) electrons. The number of nitrogens with one attached hydrogen (secondary N) is 2. The summed E-state index contributed by atoms with van der Waals surface area (Å²) in [4.78, 5) is 14.0. The highest BCUT2D eigenvalue weighted by Gasteiger charge is 2.14. The van der Waals surface area contributed by atoms with Gasteiger partial charge in [-0.2, -0.15) is 5.10 Å². The summed E-state index contributed by atoms with van der Waals surface area (Å²) in [6.45, 7) is 1.02. The van der Waals surface area contributed by atoms with Crippen molar-refractivity contribution in [3.05, 3.63) is 53.9 Å². The lowest BCUT2D eigenvalue weighted by Gasteiger charge is -2.25. The number of carbonyl (C=O) groups is 1. The third kappa shape index (κ3) is 4.60. The van der Waals surface area contributed by atoms with Crippen LogP contribution in [0, 0.1) is 0 Å². The molecular weight excluding hydrogens is 278 g/mol. The Balaban J connectivity index is 1.83. The van der Waals surface area contributed by atoms with Crippen molar-refractivity contribution < 1.29 is 4.79 Å². The zero-order chi connectivity index (χ0) is 15.9.